The summed E-state index contributed by atoms with van der Waals surface area (Å²) in [6.45, 7) is 2.35. The number of ether oxygens (including phenoxy) is 1. The Labute approximate surface area is 121 Å². The third-order valence-corrected chi connectivity index (χ3v) is 4.47. The van der Waals surface area contributed by atoms with Gasteiger partial charge in [0.1, 0.15) is 5.75 Å². The predicted molar refractivity (Wildman–Crippen MR) is 76.2 cm³/mol. The van der Waals surface area contributed by atoms with Crippen LogP contribution in [0.2, 0.25) is 0 Å². The Morgan fingerprint density at radius 3 is 2.84 bits per heavy atom. The van der Waals surface area contributed by atoms with Gasteiger partial charge in [-0.05, 0) is 25.0 Å². The molecule has 5 heteroatoms. The highest BCUT2D eigenvalue weighted by Crippen LogP contribution is 2.52. The van der Waals surface area contributed by atoms with Crippen molar-refractivity contribution in [1.82, 2.24) is 10.2 Å². The standard InChI is InChI=1S/C14H17BrN2O2/c1-19-12-6-11(15)3-2-10(12)7-16-13(18)17-8-14(9-17)4-5-14/h2-3,6H,4-5,7-9H2,1H3,(H,16,18). The lowest BCUT2D eigenvalue weighted by molar-refractivity contribution is 0.106. The third-order valence-electron chi connectivity index (χ3n) is 3.98. The van der Waals surface area contributed by atoms with E-state index < -0.39 is 0 Å². The van der Waals surface area contributed by atoms with Crippen molar-refractivity contribution in [3.8, 4) is 5.75 Å². The number of nitrogens with zero attached hydrogens (tertiary/aromatic N) is 1. The van der Waals surface area contributed by atoms with Crippen LogP contribution in [0.3, 0.4) is 0 Å². The van der Waals surface area contributed by atoms with Crippen molar-refractivity contribution in [2.24, 2.45) is 5.41 Å². The largest absolute Gasteiger partial charge is 0.496 e. The molecule has 0 aromatic heterocycles. The molecule has 0 bridgehead atoms. The number of hydrogen-bond donors (Lipinski definition) is 1. The van der Waals surface area contributed by atoms with Gasteiger partial charge in [-0.2, -0.15) is 0 Å². The Morgan fingerprint density at radius 2 is 2.21 bits per heavy atom. The molecule has 1 spiro atoms. The molecule has 1 aromatic carbocycles. The molecular weight excluding hydrogens is 308 g/mol. The molecule has 2 amide bonds. The van der Waals surface area contributed by atoms with Crippen molar-refractivity contribution in [3.63, 3.8) is 0 Å². The van der Waals surface area contributed by atoms with Crippen LogP contribution < -0.4 is 10.1 Å². The summed E-state index contributed by atoms with van der Waals surface area (Å²) < 4.78 is 6.28. The summed E-state index contributed by atoms with van der Waals surface area (Å²) in [5.74, 6) is 0.789. The number of carbonyl (C=O) groups is 1. The van der Waals surface area contributed by atoms with E-state index in [1.54, 1.807) is 7.11 Å². The number of methoxy groups -OCH3 is 1. The van der Waals surface area contributed by atoms with Gasteiger partial charge in [-0.3, -0.25) is 0 Å². The predicted octanol–water partition coefficient (Wildman–Crippen LogP) is 2.76. The highest BCUT2D eigenvalue weighted by molar-refractivity contribution is 9.10. The minimum Gasteiger partial charge on any atom is -0.496 e. The molecule has 1 saturated heterocycles. The molecule has 2 fully saturated rings. The maximum Gasteiger partial charge on any atom is 0.317 e. The van der Waals surface area contributed by atoms with E-state index in [-0.39, 0.29) is 6.03 Å². The molecule has 1 heterocycles. The molecule has 1 aliphatic heterocycles. The minimum atomic E-state index is 0.0301. The van der Waals surface area contributed by atoms with Crippen LogP contribution in [-0.2, 0) is 6.54 Å². The topological polar surface area (TPSA) is 41.6 Å². The summed E-state index contributed by atoms with van der Waals surface area (Å²) >= 11 is 3.40. The zero-order valence-electron chi connectivity index (χ0n) is 10.9. The molecule has 3 rings (SSSR count). The molecule has 19 heavy (non-hydrogen) atoms. The lowest BCUT2D eigenvalue weighted by Crippen LogP contribution is -2.54. The number of halogens is 1. The van der Waals surface area contributed by atoms with Gasteiger partial charge >= 0.3 is 6.03 Å². The number of likely N-dealkylation sites (tertiary alicyclic amines) is 1. The monoisotopic (exact) mass is 324 g/mol. The zero-order valence-corrected chi connectivity index (χ0v) is 12.5. The van der Waals surface area contributed by atoms with Crippen LogP contribution in [0, 0.1) is 5.41 Å². The van der Waals surface area contributed by atoms with E-state index in [4.69, 9.17) is 4.74 Å². The van der Waals surface area contributed by atoms with Crippen LogP contribution in [0.5, 0.6) is 5.75 Å². The molecular formula is C14H17BrN2O2. The second-order valence-corrected chi connectivity index (χ2v) is 6.39. The molecule has 0 unspecified atom stereocenters. The number of amides is 2. The number of hydrogen-bond acceptors (Lipinski definition) is 2. The highest BCUT2D eigenvalue weighted by Gasteiger charge is 2.53. The van der Waals surface area contributed by atoms with Gasteiger partial charge in [0.15, 0.2) is 0 Å². The van der Waals surface area contributed by atoms with Crippen LogP contribution in [0.4, 0.5) is 4.79 Å². The first kappa shape index (κ1) is 12.8. The fraction of sp³-hybridized carbons (Fsp3) is 0.500. The summed E-state index contributed by atoms with van der Waals surface area (Å²) in [7, 11) is 1.64. The molecule has 4 nitrogen and oxygen atoms in total. The maximum atomic E-state index is 11.9. The van der Waals surface area contributed by atoms with E-state index in [0.717, 1.165) is 28.9 Å². The Morgan fingerprint density at radius 1 is 1.47 bits per heavy atom. The molecule has 1 saturated carbocycles. The number of carbonyl (C=O) groups excluding carboxylic acids is 1. The average molecular weight is 325 g/mol. The maximum absolute atomic E-state index is 11.9. The summed E-state index contributed by atoms with van der Waals surface area (Å²) in [5, 5.41) is 2.95. The summed E-state index contributed by atoms with van der Waals surface area (Å²) in [6.07, 6.45) is 2.58. The van der Waals surface area contributed by atoms with Crippen molar-refractivity contribution in [1.29, 1.82) is 0 Å². The average Bonchev–Trinajstić information content (AvgIpc) is 3.15. The van der Waals surface area contributed by atoms with Crippen LogP contribution in [0.25, 0.3) is 0 Å². The van der Waals surface area contributed by atoms with E-state index in [2.05, 4.69) is 21.2 Å². The molecule has 2 aliphatic rings. The van der Waals surface area contributed by atoms with E-state index in [9.17, 15) is 4.79 Å². The van der Waals surface area contributed by atoms with Gasteiger partial charge in [-0.15, -0.1) is 0 Å². The van der Waals surface area contributed by atoms with Crippen molar-refractivity contribution in [2.45, 2.75) is 19.4 Å². The van der Waals surface area contributed by atoms with Crippen LogP contribution in [0.1, 0.15) is 18.4 Å². The van der Waals surface area contributed by atoms with E-state index in [0.29, 0.717) is 12.0 Å². The van der Waals surface area contributed by atoms with Gasteiger partial charge in [0.25, 0.3) is 0 Å². The van der Waals surface area contributed by atoms with Crippen molar-refractivity contribution in [2.75, 3.05) is 20.2 Å². The molecule has 1 aromatic rings. The Kier molecular flexibility index (Phi) is 3.17. The quantitative estimate of drug-likeness (QED) is 0.928. The molecule has 1 aliphatic carbocycles. The van der Waals surface area contributed by atoms with Gasteiger partial charge in [0, 0.05) is 35.1 Å². The summed E-state index contributed by atoms with van der Waals surface area (Å²) in [6, 6.07) is 5.85. The van der Waals surface area contributed by atoms with Gasteiger partial charge < -0.3 is 15.0 Å². The molecule has 0 radical (unpaired) electrons. The smallest absolute Gasteiger partial charge is 0.317 e. The van der Waals surface area contributed by atoms with E-state index >= 15 is 0 Å². The number of urea groups is 1. The van der Waals surface area contributed by atoms with E-state index in [1.165, 1.54) is 12.8 Å². The van der Waals surface area contributed by atoms with E-state index in [1.807, 2.05) is 23.1 Å². The van der Waals surface area contributed by atoms with Crippen LogP contribution >= 0.6 is 15.9 Å². The minimum absolute atomic E-state index is 0.0301. The molecule has 102 valence electrons. The second kappa shape index (κ2) is 4.71. The first-order valence-electron chi connectivity index (χ1n) is 6.47. The van der Waals surface area contributed by atoms with Gasteiger partial charge in [-0.1, -0.05) is 22.0 Å². The fourth-order valence-electron chi connectivity index (χ4n) is 2.55. The molecule has 0 atom stereocenters. The Bertz CT molecular complexity index is 506. The van der Waals surface area contributed by atoms with Gasteiger partial charge in [0.2, 0.25) is 0 Å². The SMILES string of the molecule is COc1cc(Br)ccc1CNC(=O)N1CC2(CC2)C1. The first-order valence-corrected chi connectivity index (χ1v) is 7.26. The Hall–Kier alpha value is -1.23. The van der Waals surface area contributed by atoms with Gasteiger partial charge in [-0.25, -0.2) is 4.79 Å². The fourth-order valence-corrected chi connectivity index (χ4v) is 2.89. The number of rotatable bonds is 3. The summed E-state index contributed by atoms with van der Waals surface area (Å²) in [5.41, 5.74) is 1.49. The van der Waals surface area contributed by atoms with Crippen molar-refractivity contribution in [3.05, 3.63) is 28.2 Å². The zero-order chi connectivity index (χ0) is 13.5. The second-order valence-electron chi connectivity index (χ2n) is 5.47. The van der Waals surface area contributed by atoms with Crippen molar-refractivity contribution >= 4 is 22.0 Å². The number of benzene rings is 1. The number of nitrogens with one attached hydrogen (secondary N) is 1. The first-order chi connectivity index (χ1) is 9.12. The summed E-state index contributed by atoms with van der Waals surface area (Å²) in [4.78, 5) is 13.8. The van der Waals surface area contributed by atoms with Crippen LogP contribution in [0.15, 0.2) is 22.7 Å². The Balaban J connectivity index is 1.55. The lowest BCUT2D eigenvalue weighted by atomic mass is 9.98. The normalized spacial score (nSPS) is 18.9. The van der Waals surface area contributed by atoms with Gasteiger partial charge in [0.05, 0.1) is 7.11 Å². The highest BCUT2D eigenvalue weighted by atomic mass is 79.9. The van der Waals surface area contributed by atoms with Crippen LogP contribution in [-0.4, -0.2) is 31.1 Å². The van der Waals surface area contributed by atoms with Crippen molar-refractivity contribution < 1.29 is 9.53 Å². The lowest BCUT2D eigenvalue weighted by Gasteiger charge is -2.39. The molecule has 1 N–H and O–H groups in total. The third kappa shape index (κ3) is 2.56.